The zero-order chi connectivity index (χ0) is 19.1. The van der Waals surface area contributed by atoms with Gasteiger partial charge in [-0.3, -0.25) is 4.79 Å². The predicted octanol–water partition coefficient (Wildman–Crippen LogP) is 4.39. The Morgan fingerprint density at radius 3 is 2.52 bits per heavy atom. The highest BCUT2D eigenvalue weighted by Crippen LogP contribution is 2.23. The summed E-state index contributed by atoms with van der Waals surface area (Å²) in [6.07, 6.45) is 1.53. The van der Waals surface area contributed by atoms with Crippen molar-refractivity contribution in [2.24, 2.45) is 5.10 Å². The van der Waals surface area contributed by atoms with Gasteiger partial charge < -0.3 is 9.84 Å². The van der Waals surface area contributed by atoms with E-state index in [-0.39, 0.29) is 10.8 Å². The van der Waals surface area contributed by atoms with Gasteiger partial charge in [0.2, 0.25) is 0 Å². The molecule has 0 bridgehead atoms. The number of phenols is 1. The Hall–Kier alpha value is -3.31. The summed E-state index contributed by atoms with van der Waals surface area (Å²) >= 11 is 5.79. The molecule has 0 aliphatic carbocycles. The second-order valence-corrected chi connectivity index (χ2v) is 6.12. The van der Waals surface area contributed by atoms with E-state index in [1.165, 1.54) is 24.4 Å². The third kappa shape index (κ3) is 5.33. The van der Waals surface area contributed by atoms with Crippen molar-refractivity contribution >= 4 is 23.7 Å². The van der Waals surface area contributed by atoms with Gasteiger partial charge in [-0.2, -0.15) is 5.10 Å². The Kier molecular flexibility index (Phi) is 6.07. The summed E-state index contributed by atoms with van der Waals surface area (Å²) in [6, 6.07) is 21.5. The average Bonchev–Trinajstić information content (AvgIpc) is 2.70. The van der Waals surface area contributed by atoms with Crippen LogP contribution in [0.1, 0.15) is 21.5 Å². The monoisotopic (exact) mass is 380 g/mol. The lowest BCUT2D eigenvalue weighted by Crippen LogP contribution is -2.17. The molecule has 0 aliphatic rings. The summed E-state index contributed by atoms with van der Waals surface area (Å²) in [5, 5.41) is 13.4. The topological polar surface area (TPSA) is 70.9 Å². The summed E-state index contributed by atoms with van der Waals surface area (Å²) < 4.78 is 5.72. The lowest BCUT2D eigenvalue weighted by atomic mass is 10.2. The number of carbonyl (C=O) groups excluding carboxylic acids is 1. The van der Waals surface area contributed by atoms with Crippen LogP contribution in [0, 0.1) is 0 Å². The molecule has 0 fully saturated rings. The number of ether oxygens (including phenoxy) is 1. The number of hydrogen-bond donors (Lipinski definition) is 2. The molecule has 0 unspecified atom stereocenters. The molecule has 0 saturated carbocycles. The van der Waals surface area contributed by atoms with E-state index in [2.05, 4.69) is 10.5 Å². The zero-order valence-electron chi connectivity index (χ0n) is 14.3. The van der Waals surface area contributed by atoms with Crippen molar-refractivity contribution in [2.45, 2.75) is 6.61 Å². The molecule has 0 atom stereocenters. The van der Waals surface area contributed by atoms with Crippen molar-refractivity contribution in [2.75, 3.05) is 0 Å². The minimum atomic E-state index is -0.420. The number of hydrazone groups is 1. The Balaban J connectivity index is 1.53. The smallest absolute Gasteiger partial charge is 0.271 e. The molecule has 1 amide bonds. The molecule has 5 nitrogen and oxygen atoms in total. The minimum absolute atomic E-state index is 0.0775. The zero-order valence-corrected chi connectivity index (χ0v) is 15.1. The van der Waals surface area contributed by atoms with Crippen LogP contribution in [-0.2, 0) is 6.61 Å². The van der Waals surface area contributed by atoms with Gasteiger partial charge in [-0.1, -0.05) is 41.9 Å². The summed E-state index contributed by atoms with van der Waals surface area (Å²) in [6.45, 7) is 0.500. The largest absolute Gasteiger partial charge is 0.506 e. The van der Waals surface area contributed by atoms with E-state index in [1.807, 2.05) is 54.6 Å². The summed E-state index contributed by atoms with van der Waals surface area (Å²) in [5.41, 5.74) is 4.63. The van der Waals surface area contributed by atoms with Crippen molar-refractivity contribution < 1.29 is 14.6 Å². The number of amides is 1. The van der Waals surface area contributed by atoms with Gasteiger partial charge >= 0.3 is 0 Å². The summed E-state index contributed by atoms with van der Waals surface area (Å²) in [5.74, 6) is 0.251. The molecule has 136 valence electrons. The molecule has 0 spiro atoms. The molecule has 3 aromatic rings. The number of hydrogen-bond acceptors (Lipinski definition) is 4. The Labute approximate surface area is 161 Å². The van der Waals surface area contributed by atoms with Crippen LogP contribution in [0.25, 0.3) is 0 Å². The molecule has 2 N–H and O–H groups in total. The van der Waals surface area contributed by atoms with Crippen molar-refractivity contribution in [3.63, 3.8) is 0 Å². The van der Waals surface area contributed by atoms with Gasteiger partial charge in [0.1, 0.15) is 18.1 Å². The number of carbonyl (C=O) groups is 1. The van der Waals surface area contributed by atoms with Crippen LogP contribution in [0.5, 0.6) is 11.5 Å². The van der Waals surface area contributed by atoms with Crippen molar-refractivity contribution in [1.82, 2.24) is 5.43 Å². The molecule has 3 aromatic carbocycles. The first kappa shape index (κ1) is 18.5. The van der Waals surface area contributed by atoms with Gasteiger partial charge in [0.05, 0.1) is 11.2 Å². The van der Waals surface area contributed by atoms with Crippen LogP contribution >= 0.6 is 11.6 Å². The molecular formula is C21H17ClN2O3. The number of benzene rings is 3. The number of nitrogens with one attached hydrogen (secondary N) is 1. The highest BCUT2D eigenvalue weighted by molar-refractivity contribution is 6.32. The van der Waals surface area contributed by atoms with Gasteiger partial charge in [0, 0.05) is 5.56 Å². The fourth-order valence-electron chi connectivity index (χ4n) is 2.27. The van der Waals surface area contributed by atoms with Crippen LogP contribution < -0.4 is 10.2 Å². The number of halogens is 1. The first-order valence-corrected chi connectivity index (χ1v) is 8.58. The lowest BCUT2D eigenvalue weighted by Gasteiger charge is -2.06. The second-order valence-electron chi connectivity index (χ2n) is 5.71. The van der Waals surface area contributed by atoms with E-state index in [0.717, 1.165) is 16.9 Å². The molecule has 0 saturated heterocycles. The molecule has 3 rings (SSSR count). The molecule has 6 heteroatoms. The van der Waals surface area contributed by atoms with Gasteiger partial charge in [-0.05, 0) is 53.6 Å². The normalized spacial score (nSPS) is 10.7. The molecular weight excluding hydrogens is 364 g/mol. The Morgan fingerprint density at radius 2 is 1.81 bits per heavy atom. The van der Waals surface area contributed by atoms with Crippen LogP contribution in [0.3, 0.4) is 0 Å². The van der Waals surface area contributed by atoms with Gasteiger partial charge in [-0.25, -0.2) is 5.43 Å². The van der Waals surface area contributed by atoms with E-state index < -0.39 is 5.91 Å². The van der Waals surface area contributed by atoms with Crippen LogP contribution in [-0.4, -0.2) is 17.2 Å². The maximum atomic E-state index is 12.0. The van der Waals surface area contributed by atoms with E-state index in [9.17, 15) is 9.90 Å². The average molecular weight is 381 g/mol. The third-order valence-corrected chi connectivity index (χ3v) is 4.02. The SMILES string of the molecule is O=C(N/N=C/c1ccc(OCc2ccccc2)cc1)c1ccc(O)c(Cl)c1. The predicted molar refractivity (Wildman–Crippen MR) is 105 cm³/mol. The number of phenolic OH excluding ortho intramolecular Hbond substituents is 1. The number of nitrogens with zero attached hydrogens (tertiary/aromatic N) is 1. The molecule has 0 heterocycles. The number of aromatic hydroxyl groups is 1. The first-order valence-electron chi connectivity index (χ1n) is 8.20. The lowest BCUT2D eigenvalue weighted by molar-refractivity contribution is 0.0955. The van der Waals surface area contributed by atoms with E-state index >= 15 is 0 Å². The van der Waals surface area contributed by atoms with Crippen LogP contribution in [0.2, 0.25) is 5.02 Å². The second kappa shape index (κ2) is 8.87. The van der Waals surface area contributed by atoms with E-state index in [1.54, 1.807) is 0 Å². The highest BCUT2D eigenvalue weighted by atomic mass is 35.5. The maximum absolute atomic E-state index is 12.0. The van der Waals surface area contributed by atoms with Gasteiger partial charge in [-0.15, -0.1) is 0 Å². The summed E-state index contributed by atoms with van der Waals surface area (Å²) in [7, 11) is 0. The van der Waals surface area contributed by atoms with E-state index in [0.29, 0.717) is 12.2 Å². The number of rotatable bonds is 6. The molecule has 0 radical (unpaired) electrons. The Morgan fingerprint density at radius 1 is 1.07 bits per heavy atom. The van der Waals surface area contributed by atoms with Crippen LogP contribution in [0.4, 0.5) is 0 Å². The van der Waals surface area contributed by atoms with Crippen molar-refractivity contribution in [3.8, 4) is 11.5 Å². The molecule has 0 aromatic heterocycles. The fourth-order valence-corrected chi connectivity index (χ4v) is 2.45. The highest BCUT2D eigenvalue weighted by Gasteiger charge is 2.07. The maximum Gasteiger partial charge on any atom is 0.271 e. The quantitative estimate of drug-likeness (QED) is 0.492. The van der Waals surface area contributed by atoms with Crippen LogP contribution in [0.15, 0.2) is 77.9 Å². The fraction of sp³-hybridized carbons (Fsp3) is 0.0476. The first-order chi connectivity index (χ1) is 13.1. The molecule has 27 heavy (non-hydrogen) atoms. The molecule has 0 aliphatic heterocycles. The standard InChI is InChI=1S/C21H17ClN2O3/c22-19-12-17(8-11-20(19)25)21(26)24-23-13-15-6-9-18(10-7-15)27-14-16-4-2-1-3-5-16/h1-13,25H,14H2,(H,24,26)/b23-13+. The van der Waals surface area contributed by atoms with Crippen molar-refractivity contribution in [3.05, 3.63) is 94.5 Å². The van der Waals surface area contributed by atoms with E-state index in [4.69, 9.17) is 16.3 Å². The van der Waals surface area contributed by atoms with Crippen molar-refractivity contribution in [1.29, 1.82) is 0 Å². The summed E-state index contributed by atoms with van der Waals surface area (Å²) in [4.78, 5) is 12.0. The minimum Gasteiger partial charge on any atom is -0.506 e. The van der Waals surface area contributed by atoms with Gasteiger partial charge in [0.25, 0.3) is 5.91 Å². The Bertz CT molecular complexity index is 941. The third-order valence-electron chi connectivity index (χ3n) is 3.72. The van der Waals surface area contributed by atoms with Gasteiger partial charge in [0.15, 0.2) is 0 Å².